The van der Waals surface area contributed by atoms with Crippen LogP contribution in [0.1, 0.15) is 50.7 Å². The smallest absolute Gasteiger partial charge is 0.119 e. The molecule has 1 aromatic rings. The van der Waals surface area contributed by atoms with Crippen LogP contribution >= 0.6 is 0 Å². The van der Waals surface area contributed by atoms with Gasteiger partial charge < -0.3 is 20.1 Å². The largest absolute Gasteiger partial charge is 0.491 e. The molecule has 3 N–H and O–H groups in total. The van der Waals surface area contributed by atoms with E-state index in [1.54, 1.807) is 12.1 Å². The maximum atomic E-state index is 10.3. The Labute approximate surface area is 138 Å². The summed E-state index contributed by atoms with van der Waals surface area (Å²) in [5.74, 6) is 0.638. The number of hydrogen-bond donors (Lipinski definition) is 3. The van der Waals surface area contributed by atoms with Gasteiger partial charge in [0.1, 0.15) is 12.4 Å². The predicted octanol–water partition coefficient (Wildman–Crippen LogP) is 3.14. The summed E-state index contributed by atoms with van der Waals surface area (Å²) in [5, 5.41) is 28.1. The molecule has 23 heavy (non-hydrogen) atoms. The highest BCUT2D eigenvalue weighted by atomic mass is 16.5. The normalized spacial score (nSPS) is 11.7. The van der Waals surface area contributed by atoms with E-state index in [4.69, 9.17) is 14.9 Å². The number of unbranched alkanes of at least 4 members (excludes halogenated alkanes) is 1. The van der Waals surface area contributed by atoms with Gasteiger partial charge >= 0.3 is 0 Å². The van der Waals surface area contributed by atoms with E-state index < -0.39 is 6.10 Å². The van der Waals surface area contributed by atoms with Gasteiger partial charge in [0.15, 0.2) is 0 Å². The molecule has 0 saturated heterocycles. The van der Waals surface area contributed by atoms with Crippen molar-refractivity contribution in [3.63, 3.8) is 0 Å². The van der Waals surface area contributed by atoms with Gasteiger partial charge in [-0.1, -0.05) is 25.5 Å². The standard InChI is InChI=1S/C19H28O4/c1-2-3-6-16(11-12-20)7-4-10-19(22)17-8-5-9-18(15-17)23-14-13-21/h4-5,8-9,15,19-22H,2-3,6,10-14H2,1H3/t7?,19-/m1/s1. The van der Waals surface area contributed by atoms with Gasteiger partial charge in [-0.3, -0.25) is 0 Å². The van der Waals surface area contributed by atoms with E-state index >= 15 is 0 Å². The molecule has 4 nitrogen and oxygen atoms in total. The molecule has 4 heteroatoms. The molecule has 0 unspecified atom stereocenters. The number of hydrogen-bond acceptors (Lipinski definition) is 4. The van der Waals surface area contributed by atoms with Crippen molar-refractivity contribution in [2.45, 2.75) is 45.1 Å². The van der Waals surface area contributed by atoms with Crippen molar-refractivity contribution in [3.05, 3.63) is 47.2 Å². The van der Waals surface area contributed by atoms with E-state index in [-0.39, 0.29) is 19.8 Å². The third-order valence-electron chi connectivity index (χ3n) is 3.50. The number of rotatable bonds is 11. The van der Waals surface area contributed by atoms with E-state index in [0.717, 1.165) is 30.4 Å². The van der Waals surface area contributed by atoms with Crippen molar-refractivity contribution in [2.75, 3.05) is 19.8 Å². The first-order chi connectivity index (χ1) is 11.2. The second-order valence-electron chi connectivity index (χ2n) is 5.43. The molecule has 0 aromatic heterocycles. The molecule has 0 amide bonds. The number of benzene rings is 1. The Morgan fingerprint density at radius 2 is 2.09 bits per heavy atom. The molecule has 0 aliphatic carbocycles. The Morgan fingerprint density at radius 3 is 2.78 bits per heavy atom. The molecule has 0 spiro atoms. The molecule has 0 bridgehead atoms. The lowest BCUT2D eigenvalue weighted by molar-refractivity contribution is 0.179. The highest BCUT2D eigenvalue weighted by molar-refractivity contribution is 5.30. The molecule has 0 aliphatic heterocycles. The molecule has 0 heterocycles. The zero-order valence-corrected chi connectivity index (χ0v) is 13.9. The minimum absolute atomic E-state index is 0.0360. The van der Waals surface area contributed by atoms with Crippen molar-refractivity contribution in [3.8, 4) is 5.75 Å². The lowest BCUT2D eigenvalue weighted by atomic mass is 10.0. The van der Waals surface area contributed by atoms with Crippen molar-refractivity contribution in [1.29, 1.82) is 0 Å². The maximum absolute atomic E-state index is 10.3. The summed E-state index contributed by atoms with van der Waals surface area (Å²) in [6.07, 6.45) is 5.45. The average molecular weight is 320 g/mol. The lowest BCUT2D eigenvalue weighted by Crippen LogP contribution is -2.02. The first-order valence-electron chi connectivity index (χ1n) is 8.26. The fourth-order valence-corrected chi connectivity index (χ4v) is 2.22. The Hall–Kier alpha value is -1.58. The Kier molecular flexibility index (Phi) is 10.1. The number of aliphatic hydroxyl groups is 3. The first kappa shape index (κ1) is 19.5. The summed E-state index contributed by atoms with van der Waals surface area (Å²) < 4.78 is 5.35. The minimum Gasteiger partial charge on any atom is -0.491 e. The number of aliphatic hydroxyl groups excluding tert-OH is 3. The maximum Gasteiger partial charge on any atom is 0.119 e. The van der Waals surface area contributed by atoms with E-state index in [0.29, 0.717) is 18.6 Å². The van der Waals surface area contributed by atoms with Gasteiger partial charge in [0, 0.05) is 13.0 Å². The predicted molar refractivity (Wildman–Crippen MR) is 91.4 cm³/mol. The molecule has 1 atom stereocenters. The highest BCUT2D eigenvalue weighted by Crippen LogP contribution is 2.22. The second kappa shape index (κ2) is 11.9. The monoisotopic (exact) mass is 320 g/mol. The molecule has 1 rings (SSSR count). The average Bonchev–Trinajstić information content (AvgIpc) is 2.58. The highest BCUT2D eigenvalue weighted by Gasteiger charge is 2.06. The van der Waals surface area contributed by atoms with Crippen molar-refractivity contribution in [2.24, 2.45) is 0 Å². The van der Waals surface area contributed by atoms with E-state index in [1.165, 1.54) is 0 Å². The van der Waals surface area contributed by atoms with Gasteiger partial charge in [0.05, 0.1) is 12.7 Å². The zero-order valence-electron chi connectivity index (χ0n) is 13.9. The molecule has 0 radical (unpaired) electrons. The Balaban J connectivity index is 2.66. The summed E-state index contributed by atoms with van der Waals surface area (Å²) in [7, 11) is 0. The van der Waals surface area contributed by atoms with Gasteiger partial charge in [-0.15, -0.1) is 5.73 Å². The van der Waals surface area contributed by atoms with E-state index in [2.05, 4.69) is 12.7 Å². The van der Waals surface area contributed by atoms with Gasteiger partial charge in [-0.2, -0.15) is 0 Å². The summed E-state index contributed by atoms with van der Waals surface area (Å²) in [6, 6.07) is 7.25. The van der Waals surface area contributed by atoms with Crippen molar-refractivity contribution < 1.29 is 20.1 Å². The van der Waals surface area contributed by atoms with Gasteiger partial charge in [-0.05, 0) is 48.6 Å². The van der Waals surface area contributed by atoms with Gasteiger partial charge in [-0.25, -0.2) is 0 Å². The van der Waals surface area contributed by atoms with Crippen molar-refractivity contribution in [1.82, 2.24) is 0 Å². The van der Waals surface area contributed by atoms with Crippen molar-refractivity contribution >= 4 is 0 Å². The molecule has 0 aliphatic rings. The van der Waals surface area contributed by atoms with Crippen LogP contribution in [0.5, 0.6) is 5.75 Å². The fourth-order valence-electron chi connectivity index (χ4n) is 2.22. The van der Waals surface area contributed by atoms with Crippen LogP contribution in [0.4, 0.5) is 0 Å². The van der Waals surface area contributed by atoms with Crippen LogP contribution in [0, 0.1) is 0 Å². The quantitative estimate of drug-likeness (QED) is 0.548. The fraction of sp³-hybridized carbons (Fsp3) is 0.526. The van der Waals surface area contributed by atoms with Crippen LogP contribution in [0.25, 0.3) is 0 Å². The Morgan fingerprint density at radius 1 is 1.26 bits per heavy atom. The summed E-state index contributed by atoms with van der Waals surface area (Å²) in [4.78, 5) is 0. The summed E-state index contributed by atoms with van der Waals surface area (Å²) in [5.41, 5.74) is 5.08. The van der Waals surface area contributed by atoms with Crippen LogP contribution in [-0.4, -0.2) is 35.1 Å². The second-order valence-corrected chi connectivity index (χ2v) is 5.43. The van der Waals surface area contributed by atoms with Crippen LogP contribution in [0.3, 0.4) is 0 Å². The van der Waals surface area contributed by atoms with Gasteiger partial charge in [0.25, 0.3) is 0 Å². The third kappa shape index (κ3) is 8.00. The SMILES string of the molecule is CCCCC(=C=CC[C@@H](O)c1cccc(OCCO)c1)CCO. The van der Waals surface area contributed by atoms with Gasteiger partial charge in [0.2, 0.25) is 0 Å². The van der Waals surface area contributed by atoms with Crippen LogP contribution in [-0.2, 0) is 0 Å². The number of ether oxygens (including phenoxy) is 1. The molecule has 1 aromatic carbocycles. The molecular weight excluding hydrogens is 292 g/mol. The van der Waals surface area contributed by atoms with Crippen LogP contribution < -0.4 is 4.74 Å². The summed E-state index contributed by atoms with van der Waals surface area (Å²) >= 11 is 0. The first-order valence-corrected chi connectivity index (χ1v) is 8.26. The van der Waals surface area contributed by atoms with Crippen LogP contribution in [0.15, 0.2) is 41.6 Å². The van der Waals surface area contributed by atoms with E-state index in [9.17, 15) is 5.11 Å². The molecular formula is C19H28O4. The molecule has 0 saturated carbocycles. The molecule has 128 valence electrons. The molecule has 0 fully saturated rings. The zero-order chi connectivity index (χ0) is 16.9. The van der Waals surface area contributed by atoms with Crippen LogP contribution in [0.2, 0.25) is 0 Å². The Bertz CT molecular complexity index is 504. The topological polar surface area (TPSA) is 69.9 Å². The summed E-state index contributed by atoms with van der Waals surface area (Å²) in [6.45, 7) is 2.47. The van der Waals surface area contributed by atoms with E-state index in [1.807, 2.05) is 18.2 Å². The third-order valence-corrected chi connectivity index (χ3v) is 3.50. The minimum atomic E-state index is -0.623. The lowest BCUT2D eigenvalue weighted by Gasteiger charge is -2.10.